The van der Waals surface area contributed by atoms with Crippen LogP contribution < -0.4 is 19.2 Å². The molecule has 8 nitrogen and oxygen atoms in total. The van der Waals surface area contributed by atoms with E-state index in [0.29, 0.717) is 23.7 Å². The van der Waals surface area contributed by atoms with Crippen LogP contribution in [0.1, 0.15) is 12.5 Å². The monoisotopic (exact) mass is 447 g/mol. The molecule has 30 heavy (non-hydrogen) atoms. The van der Waals surface area contributed by atoms with Crippen molar-refractivity contribution in [2.45, 2.75) is 26.5 Å². The highest BCUT2D eigenvalue weighted by Gasteiger charge is 2.35. The van der Waals surface area contributed by atoms with E-state index in [-0.39, 0.29) is 11.4 Å². The van der Waals surface area contributed by atoms with Gasteiger partial charge in [-0.15, -0.1) is 0 Å². The van der Waals surface area contributed by atoms with Gasteiger partial charge in [0.1, 0.15) is 5.75 Å². The Balaban J connectivity index is 1.61. The van der Waals surface area contributed by atoms with E-state index in [4.69, 9.17) is 4.74 Å². The van der Waals surface area contributed by atoms with Crippen LogP contribution in [0, 0.1) is 6.92 Å². The number of benzene rings is 2. The van der Waals surface area contributed by atoms with Crippen LogP contribution in [0.5, 0.6) is 5.75 Å². The highest BCUT2D eigenvalue weighted by molar-refractivity contribution is 7.92. The molecule has 1 aromatic heterocycles. The Hall–Kier alpha value is -2.85. The Morgan fingerprint density at radius 1 is 1.27 bits per heavy atom. The Labute approximate surface area is 177 Å². The van der Waals surface area contributed by atoms with Gasteiger partial charge in [0.15, 0.2) is 6.10 Å². The minimum absolute atomic E-state index is 0.0534. The highest BCUT2D eigenvalue weighted by Crippen LogP contribution is 2.36. The zero-order valence-corrected chi connectivity index (χ0v) is 18.3. The molecule has 0 fully saturated rings. The van der Waals surface area contributed by atoms with Gasteiger partial charge in [0.25, 0.3) is 5.91 Å². The number of aromatic nitrogens is 1. The summed E-state index contributed by atoms with van der Waals surface area (Å²) in [6.07, 6.45) is 0.0952. The predicted molar refractivity (Wildman–Crippen MR) is 118 cm³/mol. The maximum Gasteiger partial charge on any atom is 0.308 e. The number of nitrogens with zero attached hydrogens (tertiary/aromatic N) is 2. The minimum Gasteiger partial charge on any atom is -0.476 e. The molecular formula is C20H21N3O5S2. The molecule has 0 aliphatic carbocycles. The number of hydrogen-bond donors (Lipinski definition) is 1. The average Bonchev–Trinajstić information content (AvgIpc) is 3.00. The van der Waals surface area contributed by atoms with E-state index in [1.54, 1.807) is 41.0 Å². The molecule has 0 bridgehead atoms. The molecule has 1 atom stereocenters. The second-order valence-corrected chi connectivity index (χ2v) is 10.1. The van der Waals surface area contributed by atoms with Crippen molar-refractivity contribution in [2.24, 2.45) is 0 Å². The number of anilines is 2. The normalized spacial score (nSPS) is 16.2. The van der Waals surface area contributed by atoms with E-state index in [2.05, 4.69) is 5.32 Å². The SMILES string of the molecule is CCn1c(=O)sc2cc(NC(=O)[C@@H]3CN(S(C)(=O)=O)c4cc(C)ccc4O3)ccc21. The van der Waals surface area contributed by atoms with Gasteiger partial charge in [0.2, 0.25) is 10.0 Å². The number of nitrogens with one attached hydrogen (secondary N) is 1. The molecule has 0 saturated heterocycles. The Morgan fingerprint density at radius 2 is 2.03 bits per heavy atom. The van der Waals surface area contributed by atoms with E-state index in [1.807, 2.05) is 13.8 Å². The number of amides is 1. The molecule has 0 radical (unpaired) electrons. The molecule has 2 aromatic carbocycles. The highest BCUT2D eigenvalue weighted by atomic mass is 32.2. The second kappa shape index (κ2) is 7.44. The third-order valence-corrected chi connectivity index (χ3v) is 7.02. The lowest BCUT2D eigenvalue weighted by Gasteiger charge is -2.34. The zero-order chi connectivity index (χ0) is 21.6. The van der Waals surface area contributed by atoms with Crippen molar-refractivity contribution < 1.29 is 17.9 Å². The quantitative estimate of drug-likeness (QED) is 0.663. The van der Waals surface area contributed by atoms with Gasteiger partial charge in [0.05, 0.1) is 28.7 Å². The second-order valence-electron chi connectivity index (χ2n) is 7.16. The smallest absolute Gasteiger partial charge is 0.308 e. The lowest BCUT2D eigenvalue weighted by atomic mass is 10.1. The number of fused-ring (bicyclic) bond motifs is 2. The van der Waals surface area contributed by atoms with E-state index >= 15 is 0 Å². The number of carbonyl (C=O) groups is 1. The van der Waals surface area contributed by atoms with Crippen molar-refractivity contribution in [3.8, 4) is 5.75 Å². The first-order valence-electron chi connectivity index (χ1n) is 9.36. The summed E-state index contributed by atoms with van der Waals surface area (Å²) in [6.45, 7) is 4.20. The Bertz CT molecular complexity index is 1310. The summed E-state index contributed by atoms with van der Waals surface area (Å²) in [5, 5.41) is 2.77. The molecule has 158 valence electrons. The first-order chi connectivity index (χ1) is 14.2. The molecule has 0 saturated carbocycles. The van der Waals surface area contributed by atoms with Crippen LogP contribution in [0.25, 0.3) is 10.2 Å². The van der Waals surface area contributed by atoms with Crippen molar-refractivity contribution in [1.29, 1.82) is 0 Å². The minimum atomic E-state index is -3.59. The van der Waals surface area contributed by atoms with Crippen LogP contribution in [0.15, 0.2) is 41.2 Å². The fourth-order valence-electron chi connectivity index (χ4n) is 3.48. The number of thiazole rings is 1. The van der Waals surface area contributed by atoms with Gasteiger partial charge in [-0.2, -0.15) is 0 Å². The fourth-order valence-corrected chi connectivity index (χ4v) is 5.38. The topological polar surface area (TPSA) is 97.7 Å². The molecule has 1 aliphatic heterocycles. The third kappa shape index (κ3) is 3.68. The van der Waals surface area contributed by atoms with E-state index < -0.39 is 22.0 Å². The van der Waals surface area contributed by atoms with Gasteiger partial charge in [-0.05, 0) is 49.7 Å². The van der Waals surface area contributed by atoms with Gasteiger partial charge in [-0.3, -0.25) is 18.5 Å². The van der Waals surface area contributed by atoms with E-state index in [0.717, 1.165) is 33.4 Å². The van der Waals surface area contributed by atoms with Gasteiger partial charge >= 0.3 is 4.87 Å². The van der Waals surface area contributed by atoms with Crippen LogP contribution in [0.2, 0.25) is 0 Å². The summed E-state index contributed by atoms with van der Waals surface area (Å²) in [5.74, 6) is -0.123. The van der Waals surface area contributed by atoms with Gasteiger partial charge in [0, 0.05) is 12.2 Å². The van der Waals surface area contributed by atoms with Crippen molar-refractivity contribution in [2.75, 3.05) is 22.4 Å². The summed E-state index contributed by atoms with van der Waals surface area (Å²) in [5.41, 5.74) is 2.64. The van der Waals surface area contributed by atoms with Gasteiger partial charge in [-0.1, -0.05) is 17.4 Å². The lowest BCUT2D eigenvalue weighted by Crippen LogP contribution is -2.48. The first kappa shape index (κ1) is 20.4. The number of hydrogen-bond acceptors (Lipinski definition) is 6. The van der Waals surface area contributed by atoms with E-state index in [1.165, 1.54) is 4.31 Å². The summed E-state index contributed by atoms with van der Waals surface area (Å²) in [6, 6.07) is 10.4. The maximum absolute atomic E-state index is 12.9. The molecule has 10 heteroatoms. The van der Waals surface area contributed by atoms with Crippen molar-refractivity contribution in [3.63, 3.8) is 0 Å². The van der Waals surface area contributed by atoms with Crippen LogP contribution >= 0.6 is 11.3 Å². The molecular weight excluding hydrogens is 426 g/mol. The zero-order valence-electron chi connectivity index (χ0n) is 16.7. The summed E-state index contributed by atoms with van der Waals surface area (Å²) < 4.78 is 34.0. The van der Waals surface area contributed by atoms with Crippen LogP contribution in [-0.4, -0.2) is 37.8 Å². The molecule has 4 rings (SSSR count). The largest absolute Gasteiger partial charge is 0.476 e. The lowest BCUT2D eigenvalue weighted by molar-refractivity contribution is -0.122. The maximum atomic E-state index is 12.9. The van der Waals surface area contributed by atoms with Gasteiger partial charge < -0.3 is 10.1 Å². The van der Waals surface area contributed by atoms with E-state index in [9.17, 15) is 18.0 Å². The summed E-state index contributed by atoms with van der Waals surface area (Å²) in [7, 11) is -3.59. The fraction of sp³-hybridized carbons (Fsp3) is 0.300. The molecule has 2 heterocycles. The summed E-state index contributed by atoms with van der Waals surface area (Å²) in [4.78, 5) is 24.8. The average molecular weight is 448 g/mol. The number of aryl methyl sites for hydroxylation is 2. The Morgan fingerprint density at radius 3 is 2.73 bits per heavy atom. The number of carbonyl (C=O) groups excluding carboxylic acids is 1. The number of rotatable bonds is 4. The predicted octanol–water partition coefficient (Wildman–Crippen LogP) is 2.56. The molecule has 1 N–H and O–H groups in total. The number of sulfonamides is 1. The third-order valence-electron chi connectivity index (χ3n) is 4.93. The Kier molecular flexibility index (Phi) is 5.07. The van der Waals surface area contributed by atoms with Crippen LogP contribution in [0.4, 0.5) is 11.4 Å². The van der Waals surface area contributed by atoms with Crippen molar-refractivity contribution in [1.82, 2.24) is 4.57 Å². The van der Waals surface area contributed by atoms with Gasteiger partial charge in [-0.25, -0.2) is 8.42 Å². The van der Waals surface area contributed by atoms with Crippen LogP contribution in [0.3, 0.4) is 0 Å². The molecule has 0 spiro atoms. The van der Waals surface area contributed by atoms with Crippen LogP contribution in [-0.2, 0) is 21.4 Å². The molecule has 1 aliphatic rings. The molecule has 1 amide bonds. The van der Waals surface area contributed by atoms with Crippen molar-refractivity contribution >= 4 is 48.9 Å². The molecule has 3 aromatic rings. The number of ether oxygens (including phenoxy) is 1. The van der Waals surface area contributed by atoms with Crippen molar-refractivity contribution in [3.05, 3.63) is 51.6 Å². The summed E-state index contributed by atoms with van der Waals surface area (Å²) >= 11 is 1.11. The standard InChI is InChI=1S/C20H21N3O5S2/c1-4-22-14-7-6-13(10-18(14)29-20(22)25)21-19(24)17-11-23(30(3,26)27)15-9-12(2)5-8-16(15)28-17/h5-10,17H,4,11H2,1-3H3,(H,21,24)/t17-/m0/s1. The first-order valence-corrected chi connectivity index (χ1v) is 12.0. The molecule has 0 unspecified atom stereocenters.